The molecule has 0 aliphatic heterocycles. The molecule has 9 heteroatoms. The number of hydrogen-bond donors (Lipinski definition) is 1. The minimum Gasteiger partial charge on any atom is -0.493 e. The molecule has 0 heterocycles. The molecule has 3 aromatic carbocycles. The number of benzene rings is 3. The van der Waals surface area contributed by atoms with Gasteiger partial charge in [-0.15, -0.1) is 0 Å². The lowest BCUT2D eigenvalue weighted by molar-refractivity contribution is -0.386. The zero-order valence-corrected chi connectivity index (χ0v) is 18.4. The highest BCUT2D eigenvalue weighted by atomic mass is 35.5. The van der Waals surface area contributed by atoms with E-state index in [1.165, 1.54) is 27.4 Å². The van der Waals surface area contributed by atoms with Crippen molar-refractivity contribution in [2.45, 2.75) is 6.04 Å². The molecule has 0 saturated carbocycles. The highest BCUT2D eigenvalue weighted by Crippen LogP contribution is 2.46. The van der Waals surface area contributed by atoms with Crippen LogP contribution in [-0.2, 0) is 0 Å². The van der Waals surface area contributed by atoms with Crippen molar-refractivity contribution in [2.24, 2.45) is 0 Å². The number of carbonyl (C=O) groups is 1. The van der Waals surface area contributed by atoms with E-state index >= 15 is 0 Å². The number of nitrogens with zero attached hydrogens (tertiary/aromatic N) is 1. The minimum atomic E-state index is -0.685. The van der Waals surface area contributed by atoms with Gasteiger partial charge in [0.05, 0.1) is 32.3 Å². The SMILES string of the molecule is COc1cc(C(=O)NC(c2ccccc2)c2ccc(Cl)cc2)c([N+](=O)[O-])c(OC)c1OC. The van der Waals surface area contributed by atoms with Crippen molar-refractivity contribution >= 4 is 23.2 Å². The minimum absolute atomic E-state index is 0.0237. The summed E-state index contributed by atoms with van der Waals surface area (Å²) in [5.41, 5.74) is 0.798. The van der Waals surface area contributed by atoms with Crippen molar-refractivity contribution in [1.82, 2.24) is 5.32 Å². The lowest BCUT2D eigenvalue weighted by Crippen LogP contribution is -2.30. The molecule has 0 aliphatic carbocycles. The number of methoxy groups -OCH3 is 3. The van der Waals surface area contributed by atoms with Gasteiger partial charge in [0.25, 0.3) is 5.91 Å². The molecule has 32 heavy (non-hydrogen) atoms. The molecule has 0 saturated heterocycles. The van der Waals surface area contributed by atoms with Gasteiger partial charge in [-0.05, 0) is 23.3 Å². The van der Waals surface area contributed by atoms with E-state index < -0.39 is 22.6 Å². The fraction of sp³-hybridized carbons (Fsp3) is 0.174. The summed E-state index contributed by atoms with van der Waals surface area (Å²) >= 11 is 6.01. The molecule has 1 N–H and O–H groups in total. The first-order chi connectivity index (χ1) is 15.4. The van der Waals surface area contributed by atoms with Crippen LogP contribution in [0, 0.1) is 10.1 Å². The van der Waals surface area contributed by atoms with Crippen LogP contribution in [0.5, 0.6) is 17.2 Å². The van der Waals surface area contributed by atoms with Crippen molar-refractivity contribution in [3.63, 3.8) is 0 Å². The van der Waals surface area contributed by atoms with Crippen LogP contribution in [0.25, 0.3) is 0 Å². The smallest absolute Gasteiger partial charge is 0.327 e. The Morgan fingerprint density at radius 3 is 2.06 bits per heavy atom. The van der Waals surface area contributed by atoms with E-state index in [1.807, 2.05) is 30.3 Å². The monoisotopic (exact) mass is 456 g/mol. The molecule has 0 radical (unpaired) electrons. The summed E-state index contributed by atoms with van der Waals surface area (Å²) in [7, 11) is 3.95. The van der Waals surface area contributed by atoms with Gasteiger partial charge < -0.3 is 19.5 Å². The quantitative estimate of drug-likeness (QED) is 0.386. The largest absolute Gasteiger partial charge is 0.493 e. The van der Waals surface area contributed by atoms with Crippen molar-refractivity contribution in [1.29, 1.82) is 0 Å². The third kappa shape index (κ3) is 4.60. The standard InChI is InChI=1S/C23H21ClN2O6/c1-30-18-13-17(20(26(28)29)22(32-3)21(18)31-2)23(27)25-19(14-7-5-4-6-8-14)15-9-11-16(24)12-10-15/h4-13,19H,1-3H3,(H,25,27). The number of halogens is 1. The molecular formula is C23H21ClN2O6. The number of ether oxygens (including phenoxy) is 3. The predicted octanol–water partition coefficient (Wildman–Crippen LogP) is 4.79. The van der Waals surface area contributed by atoms with E-state index in [4.69, 9.17) is 25.8 Å². The van der Waals surface area contributed by atoms with Gasteiger partial charge in [-0.1, -0.05) is 54.1 Å². The Labute approximate surface area is 189 Å². The Kier molecular flexibility index (Phi) is 7.17. The van der Waals surface area contributed by atoms with Gasteiger partial charge in [-0.2, -0.15) is 0 Å². The molecule has 0 aromatic heterocycles. The average Bonchev–Trinajstić information content (AvgIpc) is 2.81. The van der Waals surface area contributed by atoms with Crippen LogP contribution in [0.3, 0.4) is 0 Å². The average molecular weight is 457 g/mol. The number of nitrogens with one attached hydrogen (secondary N) is 1. The molecule has 0 aliphatic rings. The molecule has 1 atom stereocenters. The lowest BCUT2D eigenvalue weighted by Gasteiger charge is -2.21. The second kappa shape index (κ2) is 10.0. The van der Waals surface area contributed by atoms with Gasteiger partial charge in [0.15, 0.2) is 5.75 Å². The first-order valence-electron chi connectivity index (χ1n) is 9.49. The summed E-state index contributed by atoms with van der Waals surface area (Å²) in [4.78, 5) is 24.5. The highest BCUT2D eigenvalue weighted by molar-refractivity contribution is 6.30. The number of nitro benzene ring substituents is 1. The molecular weight excluding hydrogens is 436 g/mol. The van der Waals surface area contributed by atoms with E-state index in [-0.39, 0.29) is 22.8 Å². The van der Waals surface area contributed by atoms with E-state index in [2.05, 4.69) is 5.32 Å². The molecule has 3 rings (SSSR count). The van der Waals surface area contributed by atoms with Gasteiger partial charge in [-0.3, -0.25) is 14.9 Å². The van der Waals surface area contributed by atoms with Gasteiger partial charge in [0.2, 0.25) is 11.5 Å². The Morgan fingerprint density at radius 1 is 0.938 bits per heavy atom. The topological polar surface area (TPSA) is 99.9 Å². The molecule has 166 valence electrons. The molecule has 1 unspecified atom stereocenters. The van der Waals surface area contributed by atoms with E-state index in [1.54, 1.807) is 24.3 Å². The van der Waals surface area contributed by atoms with Crippen molar-refractivity contribution < 1.29 is 23.9 Å². The number of hydrogen-bond acceptors (Lipinski definition) is 6. The van der Waals surface area contributed by atoms with E-state index in [0.29, 0.717) is 5.02 Å². The summed E-state index contributed by atoms with van der Waals surface area (Å²) in [6.45, 7) is 0. The van der Waals surface area contributed by atoms with Crippen molar-refractivity contribution in [3.8, 4) is 17.2 Å². The summed E-state index contributed by atoms with van der Waals surface area (Å²) < 4.78 is 15.7. The highest BCUT2D eigenvalue weighted by Gasteiger charge is 2.33. The maximum absolute atomic E-state index is 13.3. The molecule has 0 spiro atoms. The second-order valence-electron chi connectivity index (χ2n) is 6.67. The van der Waals surface area contributed by atoms with Gasteiger partial charge in [0.1, 0.15) is 5.56 Å². The van der Waals surface area contributed by atoms with Crippen LogP contribution >= 0.6 is 11.6 Å². The van der Waals surface area contributed by atoms with Crippen LogP contribution < -0.4 is 19.5 Å². The summed E-state index contributed by atoms with van der Waals surface area (Å²) in [5.74, 6) is -0.733. The molecule has 0 fully saturated rings. The number of nitro groups is 1. The molecule has 8 nitrogen and oxygen atoms in total. The molecule has 0 bridgehead atoms. The van der Waals surface area contributed by atoms with E-state index in [0.717, 1.165) is 11.1 Å². The van der Waals surface area contributed by atoms with E-state index in [9.17, 15) is 14.9 Å². The third-order valence-corrected chi connectivity index (χ3v) is 5.09. The van der Waals surface area contributed by atoms with Gasteiger partial charge in [0, 0.05) is 11.1 Å². The molecule has 1 amide bonds. The zero-order chi connectivity index (χ0) is 23.3. The fourth-order valence-electron chi connectivity index (χ4n) is 3.36. The number of carbonyl (C=O) groups excluding carboxylic acids is 1. The maximum Gasteiger partial charge on any atom is 0.327 e. The van der Waals surface area contributed by atoms with Crippen LogP contribution in [0.15, 0.2) is 60.7 Å². The Bertz CT molecular complexity index is 1120. The maximum atomic E-state index is 13.3. The summed E-state index contributed by atoms with van der Waals surface area (Å²) in [5, 5.41) is 15.3. The van der Waals surface area contributed by atoms with Crippen LogP contribution in [0.2, 0.25) is 5.02 Å². The number of amides is 1. The first kappa shape index (κ1) is 22.9. The van der Waals surface area contributed by atoms with Crippen LogP contribution in [0.4, 0.5) is 5.69 Å². The van der Waals surface area contributed by atoms with Crippen LogP contribution in [0.1, 0.15) is 27.5 Å². The third-order valence-electron chi connectivity index (χ3n) is 4.84. The fourth-order valence-corrected chi connectivity index (χ4v) is 3.49. The normalized spacial score (nSPS) is 11.4. The van der Waals surface area contributed by atoms with Gasteiger partial charge >= 0.3 is 5.69 Å². The Balaban J connectivity index is 2.12. The predicted molar refractivity (Wildman–Crippen MR) is 120 cm³/mol. The molecule has 3 aromatic rings. The lowest BCUT2D eigenvalue weighted by atomic mass is 9.98. The Morgan fingerprint density at radius 2 is 1.53 bits per heavy atom. The number of rotatable bonds is 8. The van der Waals surface area contributed by atoms with Crippen molar-refractivity contribution in [2.75, 3.05) is 21.3 Å². The zero-order valence-electron chi connectivity index (χ0n) is 17.6. The van der Waals surface area contributed by atoms with Gasteiger partial charge in [-0.25, -0.2) is 0 Å². The second-order valence-corrected chi connectivity index (χ2v) is 7.10. The first-order valence-corrected chi connectivity index (χ1v) is 9.87. The summed E-state index contributed by atoms with van der Waals surface area (Å²) in [6, 6.07) is 16.9. The Hall–Kier alpha value is -3.78. The summed E-state index contributed by atoms with van der Waals surface area (Å²) in [6.07, 6.45) is 0. The van der Waals surface area contributed by atoms with Crippen molar-refractivity contribution in [3.05, 3.63) is 92.5 Å². The van der Waals surface area contributed by atoms with Crippen LogP contribution in [-0.4, -0.2) is 32.2 Å².